The summed E-state index contributed by atoms with van der Waals surface area (Å²) in [4.78, 5) is 12.5. The first-order valence-electron chi connectivity index (χ1n) is 8.34. The Bertz CT molecular complexity index is 868. The third-order valence-corrected chi connectivity index (χ3v) is 4.98. The molecule has 0 saturated carbocycles. The van der Waals surface area contributed by atoms with Crippen LogP contribution in [0.5, 0.6) is 5.75 Å². The van der Waals surface area contributed by atoms with Gasteiger partial charge >= 0.3 is 0 Å². The van der Waals surface area contributed by atoms with Crippen LogP contribution in [-0.4, -0.2) is 27.7 Å². The standard InChI is InChI=1S/C19H23ClN2O4S/c1-13(14-6-10-17(26-2)11-7-14)21-19(23)12-18(22-27(3,24)25)15-4-8-16(20)9-5-15/h4-11,13,18,22H,12H2,1-3H3,(H,21,23)/t13-,18-/m0/s1. The molecule has 0 aromatic heterocycles. The van der Waals surface area contributed by atoms with E-state index in [9.17, 15) is 13.2 Å². The van der Waals surface area contributed by atoms with Crippen molar-refractivity contribution in [1.82, 2.24) is 10.0 Å². The molecule has 2 aromatic carbocycles. The Labute approximate surface area is 164 Å². The molecule has 2 aromatic rings. The van der Waals surface area contributed by atoms with Gasteiger partial charge in [0.15, 0.2) is 0 Å². The second kappa shape index (κ2) is 9.21. The third-order valence-electron chi connectivity index (χ3n) is 4.01. The van der Waals surface area contributed by atoms with E-state index < -0.39 is 16.1 Å². The monoisotopic (exact) mass is 410 g/mol. The number of rotatable bonds is 8. The first-order chi connectivity index (χ1) is 12.7. The quantitative estimate of drug-likeness (QED) is 0.699. The van der Waals surface area contributed by atoms with E-state index in [1.165, 1.54) is 0 Å². The summed E-state index contributed by atoms with van der Waals surface area (Å²) in [7, 11) is -1.90. The molecule has 0 aliphatic rings. The molecule has 27 heavy (non-hydrogen) atoms. The molecule has 0 saturated heterocycles. The van der Waals surface area contributed by atoms with Gasteiger partial charge in [-0.2, -0.15) is 0 Å². The summed E-state index contributed by atoms with van der Waals surface area (Å²) in [5.74, 6) is 0.465. The summed E-state index contributed by atoms with van der Waals surface area (Å²) >= 11 is 5.89. The smallest absolute Gasteiger partial charge is 0.222 e. The van der Waals surface area contributed by atoms with Crippen molar-refractivity contribution in [2.24, 2.45) is 0 Å². The predicted molar refractivity (Wildman–Crippen MR) is 106 cm³/mol. The van der Waals surface area contributed by atoms with Crippen LogP contribution in [-0.2, 0) is 14.8 Å². The summed E-state index contributed by atoms with van der Waals surface area (Å²) in [5.41, 5.74) is 1.58. The number of hydrogen-bond acceptors (Lipinski definition) is 4. The fraction of sp³-hybridized carbons (Fsp3) is 0.316. The molecule has 0 radical (unpaired) electrons. The van der Waals surface area contributed by atoms with Gasteiger partial charge in [0, 0.05) is 11.4 Å². The average molecular weight is 411 g/mol. The molecule has 0 bridgehead atoms. The number of hydrogen-bond donors (Lipinski definition) is 2. The molecule has 0 aliphatic carbocycles. The van der Waals surface area contributed by atoms with Crippen molar-refractivity contribution in [3.05, 3.63) is 64.7 Å². The van der Waals surface area contributed by atoms with Crippen LogP contribution in [0.25, 0.3) is 0 Å². The molecule has 2 atom stereocenters. The van der Waals surface area contributed by atoms with Crippen molar-refractivity contribution < 1.29 is 17.9 Å². The molecule has 0 fully saturated rings. The van der Waals surface area contributed by atoms with Crippen molar-refractivity contribution in [1.29, 1.82) is 0 Å². The lowest BCUT2D eigenvalue weighted by atomic mass is 10.0. The lowest BCUT2D eigenvalue weighted by Gasteiger charge is -2.20. The van der Waals surface area contributed by atoms with E-state index in [2.05, 4.69) is 10.0 Å². The topological polar surface area (TPSA) is 84.5 Å². The normalized spacial score (nSPS) is 13.6. The highest BCUT2D eigenvalue weighted by Crippen LogP contribution is 2.22. The van der Waals surface area contributed by atoms with Gasteiger partial charge in [0.2, 0.25) is 15.9 Å². The number of carbonyl (C=O) groups is 1. The maximum Gasteiger partial charge on any atom is 0.222 e. The van der Waals surface area contributed by atoms with E-state index in [4.69, 9.17) is 16.3 Å². The summed E-state index contributed by atoms with van der Waals surface area (Å²) in [5, 5.41) is 3.43. The Kier molecular flexibility index (Phi) is 7.24. The Morgan fingerprint density at radius 2 is 1.63 bits per heavy atom. The van der Waals surface area contributed by atoms with Crippen LogP contribution in [0.15, 0.2) is 48.5 Å². The first kappa shape index (κ1) is 21.2. The summed E-state index contributed by atoms with van der Waals surface area (Å²) in [6, 6.07) is 13.2. The highest BCUT2D eigenvalue weighted by atomic mass is 35.5. The number of amides is 1. The van der Waals surface area contributed by atoms with E-state index in [1.807, 2.05) is 31.2 Å². The van der Waals surface area contributed by atoms with Gasteiger partial charge in [0.05, 0.1) is 25.4 Å². The van der Waals surface area contributed by atoms with Crippen molar-refractivity contribution in [3.63, 3.8) is 0 Å². The SMILES string of the molecule is COc1ccc([C@H](C)NC(=O)C[C@H](NS(C)(=O)=O)c2ccc(Cl)cc2)cc1. The van der Waals surface area contributed by atoms with Crippen LogP contribution in [0.4, 0.5) is 0 Å². The van der Waals surface area contributed by atoms with E-state index in [-0.39, 0.29) is 18.4 Å². The molecular weight excluding hydrogens is 388 g/mol. The van der Waals surface area contributed by atoms with Gasteiger partial charge in [-0.25, -0.2) is 13.1 Å². The Morgan fingerprint density at radius 3 is 2.15 bits per heavy atom. The fourth-order valence-corrected chi connectivity index (χ4v) is 3.51. The third kappa shape index (κ3) is 6.86. The maximum atomic E-state index is 12.5. The molecule has 2 rings (SSSR count). The summed E-state index contributed by atoms with van der Waals surface area (Å²) in [6.45, 7) is 1.86. The van der Waals surface area contributed by atoms with Crippen LogP contribution in [0, 0.1) is 0 Å². The average Bonchev–Trinajstić information content (AvgIpc) is 2.60. The molecule has 146 valence electrons. The number of nitrogens with one attached hydrogen (secondary N) is 2. The van der Waals surface area contributed by atoms with Crippen LogP contribution in [0.2, 0.25) is 5.02 Å². The van der Waals surface area contributed by atoms with Gasteiger partial charge in [0.1, 0.15) is 5.75 Å². The minimum atomic E-state index is -3.49. The minimum absolute atomic E-state index is 0.0325. The number of benzene rings is 2. The summed E-state index contributed by atoms with van der Waals surface area (Å²) < 4.78 is 31.0. The van der Waals surface area contributed by atoms with Crippen LogP contribution in [0.3, 0.4) is 0 Å². The lowest BCUT2D eigenvalue weighted by Crippen LogP contribution is -2.34. The van der Waals surface area contributed by atoms with Gasteiger partial charge in [-0.15, -0.1) is 0 Å². The number of ether oxygens (including phenoxy) is 1. The molecule has 0 spiro atoms. The number of sulfonamides is 1. The largest absolute Gasteiger partial charge is 0.497 e. The molecule has 2 N–H and O–H groups in total. The molecule has 0 unspecified atom stereocenters. The molecule has 0 aliphatic heterocycles. The lowest BCUT2D eigenvalue weighted by molar-refractivity contribution is -0.122. The van der Waals surface area contributed by atoms with Gasteiger partial charge in [-0.1, -0.05) is 35.9 Å². The van der Waals surface area contributed by atoms with E-state index in [0.717, 1.165) is 17.6 Å². The Balaban J connectivity index is 2.08. The zero-order valence-electron chi connectivity index (χ0n) is 15.4. The predicted octanol–water partition coefficient (Wildman–Crippen LogP) is 3.21. The highest BCUT2D eigenvalue weighted by molar-refractivity contribution is 7.88. The number of methoxy groups -OCH3 is 1. The van der Waals surface area contributed by atoms with E-state index in [1.54, 1.807) is 31.4 Å². The fourth-order valence-electron chi connectivity index (χ4n) is 2.64. The summed E-state index contributed by atoms with van der Waals surface area (Å²) in [6.07, 6.45) is 1.03. The highest BCUT2D eigenvalue weighted by Gasteiger charge is 2.21. The van der Waals surface area contributed by atoms with Crippen molar-refractivity contribution >= 4 is 27.5 Å². The Hall–Kier alpha value is -2.09. The van der Waals surface area contributed by atoms with Crippen LogP contribution in [0.1, 0.15) is 36.6 Å². The number of carbonyl (C=O) groups excluding carboxylic acids is 1. The van der Waals surface area contributed by atoms with Crippen LogP contribution >= 0.6 is 11.6 Å². The second-order valence-electron chi connectivity index (χ2n) is 6.26. The molecule has 0 heterocycles. The maximum absolute atomic E-state index is 12.5. The van der Waals surface area contributed by atoms with Gasteiger partial charge in [-0.3, -0.25) is 4.79 Å². The Morgan fingerprint density at radius 1 is 1.07 bits per heavy atom. The second-order valence-corrected chi connectivity index (χ2v) is 8.48. The van der Waals surface area contributed by atoms with Crippen molar-refractivity contribution in [3.8, 4) is 5.75 Å². The zero-order chi connectivity index (χ0) is 20.0. The molecular formula is C19H23ClN2O4S. The van der Waals surface area contributed by atoms with Crippen molar-refractivity contribution in [2.45, 2.75) is 25.4 Å². The van der Waals surface area contributed by atoms with E-state index >= 15 is 0 Å². The molecule has 1 amide bonds. The first-order valence-corrected chi connectivity index (χ1v) is 10.6. The number of halogens is 1. The molecule has 6 nitrogen and oxygen atoms in total. The van der Waals surface area contributed by atoms with Gasteiger partial charge in [0.25, 0.3) is 0 Å². The van der Waals surface area contributed by atoms with Crippen molar-refractivity contribution in [2.75, 3.05) is 13.4 Å². The zero-order valence-corrected chi connectivity index (χ0v) is 17.0. The van der Waals surface area contributed by atoms with E-state index in [0.29, 0.717) is 10.6 Å². The van der Waals surface area contributed by atoms with Crippen LogP contribution < -0.4 is 14.8 Å². The molecule has 8 heteroatoms. The van der Waals surface area contributed by atoms with Gasteiger partial charge in [-0.05, 0) is 42.3 Å². The minimum Gasteiger partial charge on any atom is -0.497 e. The van der Waals surface area contributed by atoms with Gasteiger partial charge < -0.3 is 10.1 Å².